The van der Waals surface area contributed by atoms with E-state index in [0.717, 1.165) is 9.35 Å². The van der Waals surface area contributed by atoms with E-state index in [0.29, 0.717) is 23.8 Å². The summed E-state index contributed by atoms with van der Waals surface area (Å²) in [7, 11) is 1.34. The largest absolute Gasteiger partial charge is 0.465 e. The summed E-state index contributed by atoms with van der Waals surface area (Å²) in [6.45, 7) is 2.35. The highest BCUT2D eigenvalue weighted by atomic mass is 79.9. The van der Waals surface area contributed by atoms with Gasteiger partial charge in [0, 0.05) is 15.5 Å². The molecule has 1 N–H and O–H groups in total. The SMILES string of the molecule is COC(=O)c1cnc(C)nc1NCc1sccc1Br. The van der Waals surface area contributed by atoms with Crippen molar-refractivity contribution >= 4 is 39.1 Å². The predicted octanol–water partition coefficient (Wildman–Crippen LogP) is 3.01. The van der Waals surface area contributed by atoms with Gasteiger partial charge in [0.1, 0.15) is 17.2 Å². The second kappa shape index (κ2) is 6.12. The van der Waals surface area contributed by atoms with Gasteiger partial charge in [-0.2, -0.15) is 0 Å². The number of methoxy groups -OCH3 is 1. The highest BCUT2D eigenvalue weighted by Gasteiger charge is 2.14. The topological polar surface area (TPSA) is 64.1 Å². The van der Waals surface area contributed by atoms with Gasteiger partial charge in [0.2, 0.25) is 0 Å². The first kappa shape index (κ1) is 14.0. The number of hydrogen-bond acceptors (Lipinski definition) is 6. The summed E-state index contributed by atoms with van der Waals surface area (Å²) in [6.07, 6.45) is 1.47. The van der Waals surface area contributed by atoms with Crippen molar-refractivity contribution in [2.75, 3.05) is 12.4 Å². The van der Waals surface area contributed by atoms with E-state index in [1.165, 1.54) is 13.3 Å². The maximum Gasteiger partial charge on any atom is 0.343 e. The van der Waals surface area contributed by atoms with Gasteiger partial charge in [-0.1, -0.05) is 0 Å². The monoisotopic (exact) mass is 341 g/mol. The van der Waals surface area contributed by atoms with Crippen LogP contribution >= 0.6 is 27.3 Å². The Bertz CT molecular complexity index is 600. The van der Waals surface area contributed by atoms with Crippen molar-refractivity contribution in [3.8, 4) is 0 Å². The van der Waals surface area contributed by atoms with Crippen molar-refractivity contribution < 1.29 is 9.53 Å². The molecule has 100 valence electrons. The number of carbonyl (C=O) groups excluding carboxylic acids is 1. The lowest BCUT2D eigenvalue weighted by Crippen LogP contribution is -2.11. The van der Waals surface area contributed by atoms with Gasteiger partial charge >= 0.3 is 5.97 Å². The van der Waals surface area contributed by atoms with Crippen LogP contribution in [0.2, 0.25) is 0 Å². The molecule has 0 bridgehead atoms. The number of aryl methyl sites for hydroxylation is 1. The molecule has 0 fully saturated rings. The Morgan fingerprint density at radius 2 is 2.37 bits per heavy atom. The highest BCUT2D eigenvalue weighted by molar-refractivity contribution is 9.10. The fourth-order valence-corrected chi connectivity index (χ4v) is 2.91. The average Bonchev–Trinajstić information content (AvgIpc) is 2.81. The number of thiophene rings is 1. The first-order valence-electron chi connectivity index (χ1n) is 5.49. The molecular weight excluding hydrogens is 330 g/mol. The molecule has 0 unspecified atom stereocenters. The molecule has 2 rings (SSSR count). The summed E-state index contributed by atoms with van der Waals surface area (Å²) in [4.78, 5) is 21.0. The molecule has 0 radical (unpaired) electrons. The van der Waals surface area contributed by atoms with Crippen molar-refractivity contribution in [2.24, 2.45) is 0 Å². The van der Waals surface area contributed by atoms with Gasteiger partial charge in [-0.15, -0.1) is 11.3 Å². The third-order valence-corrected chi connectivity index (χ3v) is 4.35. The van der Waals surface area contributed by atoms with Gasteiger partial charge in [0.15, 0.2) is 0 Å². The number of esters is 1. The van der Waals surface area contributed by atoms with Crippen molar-refractivity contribution in [3.63, 3.8) is 0 Å². The molecule has 0 spiro atoms. The molecular formula is C12H12BrN3O2S. The average molecular weight is 342 g/mol. The molecule has 0 saturated heterocycles. The van der Waals surface area contributed by atoms with E-state index in [1.807, 2.05) is 11.4 Å². The lowest BCUT2D eigenvalue weighted by atomic mass is 10.3. The molecule has 2 heterocycles. The van der Waals surface area contributed by atoms with Gasteiger partial charge in [0.25, 0.3) is 0 Å². The van der Waals surface area contributed by atoms with Crippen molar-refractivity contribution in [3.05, 3.63) is 38.4 Å². The minimum atomic E-state index is -0.451. The van der Waals surface area contributed by atoms with Gasteiger partial charge in [-0.25, -0.2) is 14.8 Å². The molecule has 0 aliphatic heterocycles. The van der Waals surface area contributed by atoms with E-state index >= 15 is 0 Å². The van der Waals surface area contributed by atoms with E-state index in [1.54, 1.807) is 18.3 Å². The van der Waals surface area contributed by atoms with Crippen molar-refractivity contribution in [2.45, 2.75) is 13.5 Å². The van der Waals surface area contributed by atoms with Gasteiger partial charge < -0.3 is 10.1 Å². The number of ether oxygens (including phenoxy) is 1. The molecule has 2 aromatic heterocycles. The van der Waals surface area contributed by atoms with Crippen molar-refractivity contribution in [1.29, 1.82) is 0 Å². The van der Waals surface area contributed by atoms with Crippen LogP contribution in [-0.4, -0.2) is 23.0 Å². The standard InChI is InChI=1S/C12H12BrN3O2S/c1-7-14-5-8(12(17)18-2)11(16-7)15-6-10-9(13)3-4-19-10/h3-5H,6H2,1-2H3,(H,14,15,16). The van der Waals surface area contributed by atoms with Gasteiger partial charge in [-0.05, 0) is 34.3 Å². The number of halogens is 1. The predicted molar refractivity (Wildman–Crippen MR) is 77.5 cm³/mol. The lowest BCUT2D eigenvalue weighted by molar-refractivity contribution is 0.0601. The third-order valence-electron chi connectivity index (χ3n) is 2.42. The number of carbonyl (C=O) groups is 1. The van der Waals surface area contributed by atoms with E-state index in [4.69, 9.17) is 4.74 Å². The number of hydrogen-bond donors (Lipinski definition) is 1. The fourth-order valence-electron chi connectivity index (χ4n) is 1.48. The van der Waals surface area contributed by atoms with Crippen LogP contribution in [0.15, 0.2) is 22.1 Å². The summed E-state index contributed by atoms with van der Waals surface area (Å²) in [5.41, 5.74) is 0.334. The zero-order valence-electron chi connectivity index (χ0n) is 10.4. The number of nitrogens with zero attached hydrogens (tertiary/aromatic N) is 2. The molecule has 5 nitrogen and oxygen atoms in total. The van der Waals surface area contributed by atoms with Crippen LogP contribution in [0.4, 0.5) is 5.82 Å². The Morgan fingerprint density at radius 1 is 1.58 bits per heavy atom. The van der Waals surface area contributed by atoms with E-state index in [2.05, 4.69) is 31.2 Å². The first-order valence-corrected chi connectivity index (χ1v) is 7.16. The number of rotatable bonds is 4. The van der Waals surface area contributed by atoms with Crippen LogP contribution in [0.3, 0.4) is 0 Å². The summed E-state index contributed by atoms with van der Waals surface area (Å²) in [5.74, 6) is 0.632. The zero-order valence-corrected chi connectivity index (χ0v) is 12.8. The Hall–Kier alpha value is -1.47. The fraction of sp³-hybridized carbons (Fsp3) is 0.250. The molecule has 0 aliphatic rings. The summed E-state index contributed by atoms with van der Waals surface area (Å²) >= 11 is 5.09. The van der Waals surface area contributed by atoms with Crippen LogP contribution in [0, 0.1) is 6.92 Å². The lowest BCUT2D eigenvalue weighted by Gasteiger charge is -2.09. The Labute approximate surface area is 123 Å². The van der Waals surface area contributed by atoms with E-state index in [9.17, 15) is 4.79 Å². The number of anilines is 1. The van der Waals surface area contributed by atoms with Gasteiger partial charge in [-0.3, -0.25) is 0 Å². The molecule has 2 aromatic rings. The maximum atomic E-state index is 11.6. The Morgan fingerprint density at radius 3 is 3.00 bits per heavy atom. The van der Waals surface area contributed by atoms with Gasteiger partial charge in [0.05, 0.1) is 13.7 Å². The molecule has 0 aliphatic carbocycles. The molecule has 0 atom stereocenters. The van der Waals surface area contributed by atoms with E-state index < -0.39 is 5.97 Å². The molecule has 0 aromatic carbocycles. The first-order chi connectivity index (χ1) is 9.11. The number of aromatic nitrogens is 2. The molecule has 19 heavy (non-hydrogen) atoms. The van der Waals surface area contributed by atoms with E-state index in [-0.39, 0.29) is 0 Å². The molecule has 7 heteroatoms. The molecule has 0 amide bonds. The Kier molecular flexibility index (Phi) is 4.49. The second-order valence-corrected chi connectivity index (χ2v) is 5.57. The Balaban J connectivity index is 2.21. The van der Waals surface area contributed by atoms with Crippen LogP contribution in [-0.2, 0) is 11.3 Å². The second-order valence-electron chi connectivity index (χ2n) is 3.72. The van der Waals surface area contributed by atoms with Crippen LogP contribution in [0.1, 0.15) is 21.1 Å². The van der Waals surface area contributed by atoms with Crippen LogP contribution in [0.5, 0.6) is 0 Å². The zero-order chi connectivity index (χ0) is 13.8. The molecule has 0 saturated carbocycles. The summed E-state index contributed by atoms with van der Waals surface area (Å²) in [6, 6.07) is 1.98. The van der Waals surface area contributed by atoms with Crippen LogP contribution in [0.25, 0.3) is 0 Å². The quantitative estimate of drug-likeness (QED) is 0.866. The maximum absolute atomic E-state index is 11.6. The highest BCUT2D eigenvalue weighted by Crippen LogP contribution is 2.24. The smallest absolute Gasteiger partial charge is 0.343 e. The minimum Gasteiger partial charge on any atom is -0.465 e. The third kappa shape index (κ3) is 3.30. The summed E-state index contributed by atoms with van der Waals surface area (Å²) in [5, 5.41) is 5.13. The van der Waals surface area contributed by atoms with Crippen molar-refractivity contribution in [1.82, 2.24) is 9.97 Å². The normalized spacial score (nSPS) is 10.3. The number of nitrogens with one attached hydrogen (secondary N) is 1. The summed E-state index contributed by atoms with van der Waals surface area (Å²) < 4.78 is 5.75. The minimum absolute atomic E-state index is 0.334. The van der Waals surface area contributed by atoms with Crippen LogP contribution < -0.4 is 5.32 Å².